The van der Waals surface area contributed by atoms with Gasteiger partial charge in [-0.15, -0.1) is 0 Å². The van der Waals surface area contributed by atoms with Gasteiger partial charge in [0.15, 0.2) is 0 Å². The molecule has 2 heterocycles. The summed E-state index contributed by atoms with van der Waals surface area (Å²) in [5.74, 6) is 0.0412. The molecule has 0 spiro atoms. The predicted molar refractivity (Wildman–Crippen MR) is 98.6 cm³/mol. The molecule has 1 fully saturated rings. The number of piperazine rings is 1. The van der Waals surface area contributed by atoms with Gasteiger partial charge in [-0.25, -0.2) is 0 Å². The van der Waals surface area contributed by atoms with Crippen LogP contribution in [0.15, 0.2) is 12.1 Å². The second kappa shape index (κ2) is 7.74. The summed E-state index contributed by atoms with van der Waals surface area (Å²) in [5, 5.41) is 3.34. The summed E-state index contributed by atoms with van der Waals surface area (Å²) in [7, 11) is 1.82. The van der Waals surface area contributed by atoms with Gasteiger partial charge in [0.05, 0.1) is 5.56 Å². The Labute approximate surface area is 149 Å². The highest BCUT2D eigenvalue weighted by molar-refractivity contribution is 6.04. The van der Waals surface area contributed by atoms with Gasteiger partial charge in [0.2, 0.25) is 0 Å². The smallest absolute Gasteiger partial charge is 0.293 e. The maximum absolute atomic E-state index is 12.1. The highest BCUT2D eigenvalue weighted by Gasteiger charge is 2.30. The minimum atomic E-state index is -0.318. The number of rotatable bonds is 2. The first kappa shape index (κ1) is 19.1. The lowest BCUT2D eigenvalue weighted by Gasteiger charge is -2.31. The Hall–Kier alpha value is -2.28. The Balaban J connectivity index is 0.000000277. The van der Waals surface area contributed by atoms with E-state index in [4.69, 9.17) is 5.73 Å². The minimum absolute atomic E-state index is 0.0412. The number of nitrogen functional groups attached to an aromatic ring is 1. The van der Waals surface area contributed by atoms with Gasteiger partial charge in [0.25, 0.3) is 12.4 Å². The molecule has 138 valence electrons. The molecule has 7 heteroatoms. The summed E-state index contributed by atoms with van der Waals surface area (Å²) >= 11 is 0. The molecule has 0 bridgehead atoms. The van der Waals surface area contributed by atoms with Gasteiger partial charge in [-0.1, -0.05) is 0 Å². The highest BCUT2D eigenvalue weighted by atomic mass is 16.5. The molecule has 3 rings (SSSR count). The van der Waals surface area contributed by atoms with Crippen LogP contribution in [0.4, 0.5) is 11.4 Å². The molecule has 25 heavy (non-hydrogen) atoms. The van der Waals surface area contributed by atoms with Crippen molar-refractivity contribution in [2.24, 2.45) is 0 Å². The fourth-order valence-corrected chi connectivity index (χ4v) is 2.91. The largest absolute Gasteiger partial charge is 0.462 e. The number of nitrogens with zero attached hydrogens (tertiary/aromatic N) is 2. The fourth-order valence-electron chi connectivity index (χ4n) is 2.91. The zero-order chi connectivity index (χ0) is 18.6. The Kier molecular flexibility index (Phi) is 5.89. The first-order valence-corrected chi connectivity index (χ1v) is 8.48. The topological polar surface area (TPSA) is 87.9 Å². The lowest BCUT2D eigenvalue weighted by atomic mass is 10.0. The number of anilines is 2. The zero-order valence-corrected chi connectivity index (χ0v) is 15.5. The van der Waals surface area contributed by atoms with Gasteiger partial charge in [-0.2, -0.15) is 0 Å². The van der Waals surface area contributed by atoms with Crippen molar-refractivity contribution in [2.45, 2.75) is 32.9 Å². The van der Waals surface area contributed by atoms with E-state index in [-0.39, 0.29) is 11.5 Å². The van der Waals surface area contributed by atoms with Crippen LogP contribution in [0.5, 0.6) is 0 Å². The van der Waals surface area contributed by atoms with Gasteiger partial charge in [-0.05, 0) is 32.9 Å². The van der Waals surface area contributed by atoms with Crippen molar-refractivity contribution in [1.29, 1.82) is 0 Å². The van der Waals surface area contributed by atoms with Crippen molar-refractivity contribution in [3.8, 4) is 0 Å². The van der Waals surface area contributed by atoms with Gasteiger partial charge < -0.3 is 25.6 Å². The van der Waals surface area contributed by atoms with Crippen molar-refractivity contribution >= 4 is 23.8 Å². The second-order valence-corrected chi connectivity index (χ2v) is 7.25. The van der Waals surface area contributed by atoms with E-state index in [1.54, 1.807) is 4.90 Å². The number of hydrogen-bond acceptors (Lipinski definition) is 6. The van der Waals surface area contributed by atoms with Crippen molar-refractivity contribution in [3.05, 3.63) is 23.3 Å². The number of ether oxygens (including phenoxy) is 1. The van der Waals surface area contributed by atoms with Crippen molar-refractivity contribution in [3.63, 3.8) is 0 Å². The maximum atomic E-state index is 12.1. The first-order valence-electron chi connectivity index (χ1n) is 8.48. The molecule has 0 unspecified atom stereocenters. The Morgan fingerprint density at radius 3 is 2.40 bits per heavy atom. The van der Waals surface area contributed by atoms with Crippen LogP contribution in [0, 0.1) is 0 Å². The van der Waals surface area contributed by atoms with E-state index in [1.165, 1.54) is 5.69 Å². The number of benzene rings is 1. The summed E-state index contributed by atoms with van der Waals surface area (Å²) in [6.07, 6.45) is 0. The van der Waals surface area contributed by atoms with Crippen LogP contribution in [0.1, 0.15) is 36.7 Å². The molecule has 0 saturated carbocycles. The molecule has 7 nitrogen and oxygen atoms in total. The quantitative estimate of drug-likeness (QED) is 0.617. The Bertz CT molecular complexity index is 634. The van der Waals surface area contributed by atoms with Crippen LogP contribution in [0.2, 0.25) is 0 Å². The normalized spacial score (nSPS) is 16.9. The molecule has 1 aromatic rings. The van der Waals surface area contributed by atoms with E-state index in [2.05, 4.69) is 15.0 Å². The molecule has 0 aromatic heterocycles. The number of hydrogen-bond donors (Lipinski definition) is 2. The van der Waals surface area contributed by atoms with Crippen molar-refractivity contribution in [2.75, 3.05) is 43.9 Å². The summed E-state index contributed by atoms with van der Waals surface area (Å²) in [6, 6.07) is 3.90. The van der Waals surface area contributed by atoms with E-state index in [0.717, 1.165) is 31.7 Å². The van der Waals surface area contributed by atoms with Crippen LogP contribution in [0.3, 0.4) is 0 Å². The van der Waals surface area contributed by atoms with Gasteiger partial charge in [0, 0.05) is 56.7 Å². The summed E-state index contributed by atoms with van der Waals surface area (Å²) in [5.41, 5.74) is 9.18. The van der Waals surface area contributed by atoms with E-state index in [1.807, 2.05) is 40.0 Å². The Morgan fingerprint density at radius 2 is 1.88 bits per heavy atom. The molecule has 0 atom stereocenters. The minimum Gasteiger partial charge on any atom is -0.462 e. The number of carbonyl (C=O) groups excluding carboxylic acids is 2. The predicted octanol–water partition coefficient (Wildman–Crippen LogP) is 1.22. The number of nitrogens with two attached hydrogens (primary N) is 1. The fraction of sp³-hybridized carbons (Fsp3) is 0.556. The summed E-state index contributed by atoms with van der Waals surface area (Å²) in [4.78, 5) is 25.7. The summed E-state index contributed by atoms with van der Waals surface area (Å²) < 4.78 is 4.55. The summed E-state index contributed by atoms with van der Waals surface area (Å²) in [6.45, 7) is 10.5. The van der Waals surface area contributed by atoms with Crippen LogP contribution in [-0.2, 0) is 16.1 Å². The lowest BCUT2D eigenvalue weighted by molar-refractivity contribution is -0.138. The lowest BCUT2D eigenvalue weighted by Crippen LogP contribution is -2.43. The zero-order valence-electron chi connectivity index (χ0n) is 15.5. The second-order valence-electron chi connectivity index (χ2n) is 7.25. The third-order valence-corrected chi connectivity index (χ3v) is 4.14. The van der Waals surface area contributed by atoms with E-state index >= 15 is 0 Å². The van der Waals surface area contributed by atoms with Gasteiger partial charge >= 0.3 is 0 Å². The van der Waals surface area contributed by atoms with Crippen LogP contribution in [-0.4, -0.2) is 56.1 Å². The van der Waals surface area contributed by atoms with E-state index in [9.17, 15) is 9.59 Å². The average Bonchev–Trinajstić information content (AvgIpc) is 2.84. The molecule has 0 aliphatic carbocycles. The highest BCUT2D eigenvalue weighted by Crippen LogP contribution is 2.34. The van der Waals surface area contributed by atoms with Crippen LogP contribution >= 0.6 is 0 Å². The van der Waals surface area contributed by atoms with Gasteiger partial charge in [-0.3, -0.25) is 9.59 Å². The number of carbonyl (C=O) groups is 2. The third-order valence-electron chi connectivity index (χ3n) is 4.14. The molecule has 2 aliphatic heterocycles. The molecule has 1 amide bonds. The molecule has 1 saturated heterocycles. The van der Waals surface area contributed by atoms with Gasteiger partial charge in [0.1, 0.15) is 5.60 Å². The van der Waals surface area contributed by atoms with E-state index < -0.39 is 0 Å². The van der Waals surface area contributed by atoms with Crippen molar-refractivity contribution < 1.29 is 14.3 Å². The number of amides is 1. The van der Waals surface area contributed by atoms with E-state index in [0.29, 0.717) is 24.3 Å². The average molecular weight is 348 g/mol. The number of fused-ring (bicyclic) bond motifs is 1. The monoisotopic (exact) mass is 348 g/mol. The SMILES string of the molecule is CC(C)(C)OC=O.CN1Cc2c(N3CCNCC3)ccc(N)c2C1=O. The molecule has 0 radical (unpaired) electrons. The molecule has 1 aromatic carbocycles. The maximum Gasteiger partial charge on any atom is 0.293 e. The molecular weight excluding hydrogens is 320 g/mol. The van der Waals surface area contributed by atoms with Crippen LogP contribution < -0.4 is 16.0 Å². The number of nitrogens with one attached hydrogen (secondary N) is 1. The molecular formula is C18H28N4O3. The standard InChI is InChI=1S/C13H18N4O.C5H10O2/c1-16-8-9-11(17-6-4-15-5-7-17)3-2-10(14)12(9)13(16)18;1-5(2,3)7-4-6/h2-3,15H,4-8,14H2,1H3;4H,1-3H3. The molecule has 2 aliphatic rings. The Morgan fingerprint density at radius 1 is 1.24 bits per heavy atom. The molecule has 3 N–H and O–H groups in total. The first-order chi connectivity index (χ1) is 11.7. The van der Waals surface area contributed by atoms with Crippen LogP contribution in [0.25, 0.3) is 0 Å². The van der Waals surface area contributed by atoms with Crippen molar-refractivity contribution in [1.82, 2.24) is 10.2 Å². The third kappa shape index (κ3) is 4.63.